The maximum atomic E-state index is 13.1. The zero-order chi connectivity index (χ0) is 22.4. The van der Waals surface area contributed by atoms with Crippen LogP contribution >= 0.6 is 0 Å². The fourth-order valence-corrected chi connectivity index (χ4v) is 3.51. The Kier molecular flexibility index (Phi) is 7.38. The average molecular weight is 425 g/mol. The molecule has 0 aliphatic carbocycles. The number of carbonyl (C=O) groups is 3. The summed E-state index contributed by atoms with van der Waals surface area (Å²) in [6.07, 6.45) is -0.971. The molecular weight excluding hydrogens is 396 g/mol. The van der Waals surface area contributed by atoms with Crippen LogP contribution in [-0.4, -0.2) is 50.2 Å². The van der Waals surface area contributed by atoms with Gasteiger partial charge in [-0.25, -0.2) is 0 Å². The van der Waals surface area contributed by atoms with E-state index in [1.54, 1.807) is 20.9 Å². The van der Waals surface area contributed by atoms with Crippen LogP contribution in [0.25, 0.3) is 0 Å². The minimum absolute atomic E-state index is 0.122. The molecule has 0 saturated heterocycles. The summed E-state index contributed by atoms with van der Waals surface area (Å²) in [5.41, 5.74) is 2.67. The van der Waals surface area contributed by atoms with Gasteiger partial charge in [0.05, 0.1) is 6.04 Å². The number of carbonyl (C=O) groups excluding carboxylic acids is 3. The third kappa shape index (κ3) is 5.28. The van der Waals surface area contributed by atoms with E-state index in [-0.39, 0.29) is 18.6 Å². The standard InChI is InChI=1S/C23H28N4O4/c1-4-31-14-19(28)24-15(2)22(29)26-21-23(30)27(3)18-13-9-8-12-17(18)20(25-21)16-10-6-5-7-11-16/h5-13,15,20-21,25H,4,14H2,1-3H3,(H,24,28)(H,26,29). The Labute approximate surface area is 182 Å². The van der Waals surface area contributed by atoms with Crippen molar-refractivity contribution in [3.8, 4) is 0 Å². The van der Waals surface area contributed by atoms with Crippen LogP contribution in [0.3, 0.4) is 0 Å². The van der Waals surface area contributed by atoms with Crippen LogP contribution in [0, 0.1) is 0 Å². The lowest BCUT2D eigenvalue weighted by Crippen LogP contribution is -2.58. The van der Waals surface area contributed by atoms with Crippen LogP contribution in [0.4, 0.5) is 5.69 Å². The highest BCUT2D eigenvalue weighted by Crippen LogP contribution is 2.33. The van der Waals surface area contributed by atoms with Gasteiger partial charge in [0.2, 0.25) is 11.8 Å². The molecule has 3 N–H and O–H groups in total. The topological polar surface area (TPSA) is 99.8 Å². The van der Waals surface area contributed by atoms with Crippen molar-refractivity contribution < 1.29 is 19.1 Å². The first-order valence-corrected chi connectivity index (χ1v) is 10.3. The molecule has 164 valence electrons. The molecule has 0 aromatic heterocycles. The molecule has 3 rings (SSSR count). The molecule has 3 atom stereocenters. The number of hydrogen-bond donors (Lipinski definition) is 3. The minimum atomic E-state index is -0.971. The summed E-state index contributed by atoms with van der Waals surface area (Å²) in [4.78, 5) is 39.3. The van der Waals surface area contributed by atoms with Crippen molar-refractivity contribution in [1.29, 1.82) is 0 Å². The van der Waals surface area contributed by atoms with Gasteiger partial charge in [-0.3, -0.25) is 19.7 Å². The van der Waals surface area contributed by atoms with Crippen molar-refractivity contribution in [3.05, 3.63) is 65.7 Å². The van der Waals surface area contributed by atoms with Crippen LogP contribution in [0.2, 0.25) is 0 Å². The molecule has 3 amide bonds. The van der Waals surface area contributed by atoms with Gasteiger partial charge in [-0.2, -0.15) is 0 Å². The zero-order valence-corrected chi connectivity index (χ0v) is 17.9. The fourth-order valence-electron chi connectivity index (χ4n) is 3.51. The molecular formula is C23H28N4O4. The fraction of sp³-hybridized carbons (Fsp3) is 0.348. The average Bonchev–Trinajstić information content (AvgIpc) is 2.89. The molecule has 8 heteroatoms. The Bertz CT molecular complexity index is 934. The summed E-state index contributed by atoms with van der Waals surface area (Å²) in [5, 5.41) is 8.60. The van der Waals surface area contributed by atoms with Crippen molar-refractivity contribution in [3.63, 3.8) is 0 Å². The number of anilines is 1. The summed E-state index contributed by atoms with van der Waals surface area (Å²) >= 11 is 0. The minimum Gasteiger partial charge on any atom is -0.372 e. The second kappa shape index (κ2) is 10.2. The summed E-state index contributed by atoms with van der Waals surface area (Å²) < 4.78 is 5.06. The Morgan fingerprint density at radius 3 is 2.52 bits per heavy atom. The third-order valence-electron chi connectivity index (χ3n) is 5.15. The van der Waals surface area contributed by atoms with Crippen LogP contribution in [0.15, 0.2) is 54.6 Å². The highest BCUT2D eigenvalue weighted by Gasteiger charge is 2.35. The number of para-hydroxylation sites is 1. The first-order chi connectivity index (χ1) is 14.9. The summed E-state index contributed by atoms with van der Waals surface area (Å²) in [5.74, 6) is -1.16. The Morgan fingerprint density at radius 1 is 1.13 bits per heavy atom. The second-order valence-electron chi connectivity index (χ2n) is 7.33. The number of nitrogens with zero attached hydrogens (tertiary/aromatic N) is 1. The SMILES string of the molecule is CCOCC(=O)NC(C)C(=O)NC1NC(c2ccccc2)c2ccccc2N(C)C1=O. The van der Waals surface area contributed by atoms with Gasteiger partial charge in [0.1, 0.15) is 12.6 Å². The number of fused-ring (bicyclic) bond motifs is 1. The number of nitrogens with one attached hydrogen (secondary N) is 3. The largest absolute Gasteiger partial charge is 0.372 e. The number of benzene rings is 2. The smallest absolute Gasteiger partial charge is 0.264 e. The van der Waals surface area contributed by atoms with Crippen LogP contribution in [0.5, 0.6) is 0 Å². The van der Waals surface area contributed by atoms with Crippen molar-refractivity contribution >= 4 is 23.4 Å². The van der Waals surface area contributed by atoms with Gasteiger partial charge in [-0.15, -0.1) is 0 Å². The quantitative estimate of drug-likeness (QED) is 0.623. The maximum Gasteiger partial charge on any atom is 0.264 e. The molecule has 1 aliphatic rings. The van der Waals surface area contributed by atoms with E-state index < -0.39 is 24.0 Å². The van der Waals surface area contributed by atoms with E-state index in [1.807, 2.05) is 54.6 Å². The number of ether oxygens (including phenoxy) is 1. The summed E-state index contributed by atoms with van der Waals surface area (Å²) in [7, 11) is 1.68. The van der Waals surface area contributed by atoms with Gasteiger partial charge in [0.15, 0.2) is 6.17 Å². The molecule has 2 aromatic rings. The first-order valence-electron chi connectivity index (χ1n) is 10.3. The Morgan fingerprint density at radius 2 is 1.81 bits per heavy atom. The first kappa shape index (κ1) is 22.5. The maximum absolute atomic E-state index is 13.1. The summed E-state index contributed by atoms with van der Waals surface area (Å²) in [6, 6.07) is 16.2. The number of rotatable bonds is 7. The molecule has 1 heterocycles. The highest BCUT2D eigenvalue weighted by molar-refractivity contribution is 6.00. The van der Waals surface area contributed by atoms with E-state index in [9.17, 15) is 14.4 Å². The van der Waals surface area contributed by atoms with E-state index in [1.165, 1.54) is 4.90 Å². The molecule has 0 radical (unpaired) electrons. The summed E-state index contributed by atoms with van der Waals surface area (Å²) in [6.45, 7) is 3.63. The van der Waals surface area contributed by atoms with E-state index in [0.29, 0.717) is 6.61 Å². The molecule has 31 heavy (non-hydrogen) atoms. The van der Waals surface area contributed by atoms with Gasteiger partial charge >= 0.3 is 0 Å². The lowest BCUT2D eigenvalue weighted by Gasteiger charge is -2.25. The molecule has 2 aromatic carbocycles. The zero-order valence-electron chi connectivity index (χ0n) is 17.9. The van der Waals surface area contributed by atoms with Gasteiger partial charge in [-0.05, 0) is 31.0 Å². The van der Waals surface area contributed by atoms with Gasteiger partial charge < -0.3 is 20.3 Å². The lowest BCUT2D eigenvalue weighted by atomic mass is 9.97. The Balaban J connectivity index is 1.82. The van der Waals surface area contributed by atoms with Crippen molar-refractivity contribution in [2.45, 2.75) is 32.1 Å². The lowest BCUT2D eigenvalue weighted by molar-refractivity contribution is -0.132. The monoisotopic (exact) mass is 424 g/mol. The van der Waals surface area contributed by atoms with E-state index in [2.05, 4.69) is 16.0 Å². The highest BCUT2D eigenvalue weighted by atomic mass is 16.5. The molecule has 0 fully saturated rings. The van der Waals surface area contributed by atoms with Gasteiger partial charge in [0, 0.05) is 19.3 Å². The van der Waals surface area contributed by atoms with Crippen molar-refractivity contribution in [1.82, 2.24) is 16.0 Å². The van der Waals surface area contributed by atoms with Gasteiger partial charge in [-0.1, -0.05) is 48.5 Å². The van der Waals surface area contributed by atoms with Crippen LogP contribution < -0.4 is 20.9 Å². The van der Waals surface area contributed by atoms with Crippen molar-refractivity contribution in [2.75, 3.05) is 25.2 Å². The van der Waals surface area contributed by atoms with E-state index >= 15 is 0 Å². The molecule has 0 spiro atoms. The molecule has 1 aliphatic heterocycles. The normalized spacial score (nSPS) is 19.2. The predicted molar refractivity (Wildman–Crippen MR) is 117 cm³/mol. The van der Waals surface area contributed by atoms with Crippen molar-refractivity contribution in [2.24, 2.45) is 0 Å². The number of likely N-dealkylation sites (N-methyl/N-ethyl adjacent to an activating group) is 1. The molecule has 8 nitrogen and oxygen atoms in total. The van der Waals surface area contributed by atoms with Crippen LogP contribution in [-0.2, 0) is 19.1 Å². The Hall–Kier alpha value is -3.23. The molecule has 0 saturated carbocycles. The van der Waals surface area contributed by atoms with Crippen LogP contribution in [0.1, 0.15) is 31.0 Å². The third-order valence-corrected chi connectivity index (χ3v) is 5.15. The molecule has 3 unspecified atom stereocenters. The predicted octanol–water partition coefficient (Wildman–Crippen LogP) is 1.33. The van der Waals surface area contributed by atoms with E-state index in [0.717, 1.165) is 16.8 Å². The number of hydrogen-bond acceptors (Lipinski definition) is 5. The van der Waals surface area contributed by atoms with E-state index in [4.69, 9.17) is 4.74 Å². The molecule has 0 bridgehead atoms. The second-order valence-corrected chi connectivity index (χ2v) is 7.33. The number of amides is 3. The van der Waals surface area contributed by atoms with Gasteiger partial charge in [0.25, 0.3) is 5.91 Å².